The molecule has 1 saturated heterocycles. The van der Waals surface area contributed by atoms with Crippen molar-refractivity contribution in [3.05, 3.63) is 24.3 Å². The van der Waals surface area contributed by atoms with E-state index in [1.165, 1.54) is 17.0 Å². The van der Waals surface area contributed by atoms with Crippen LogP contribution in [0.2, 0.25) is 0 Å². The summed E-state index contributed by atoms with van der Waals surface area (Å²) in [6.45, 7) is 0.791. The Bertz CT molecular complexity index is 698. The van der Waals surface area contributed by atoms with E-state index in [1.807, 2.05) is 0 Å². The van der Waals surface area contributed by atoms with Crippen molar-refractivity contribution in [3.8, 4) is 5.75 Å². The molecule has 1 N–H and O–H groups in total. The van der Waals surface area contributed by atoms with Crippen molar-refractivity contribution in [2.45, 2.75) is 36.6 Å². The third-order valence-electron chi connectivity index (χ3n) is 3.91. The molecule has 0 aromatic heterocycles. The van der Waals surface area contributed by atoms with Gasteiger partial charge in [0, 0.05) is 19.2 Å². The topological polar surface area (TPSA) is 101 Å². The van der Waals surface area contributed by atoms with Crippen molar-refractivity contribution in [2.24, 2.45) is 0 Å². The van der Waals surface area contributed by atoms with Crippen LogP contribution in [0.15, 0.2) is 29.2 Å². The number of likely N-dealkylation sites (tertiary alicyclic amines) is 1. The van der Waals surface area contributed by atoms with Gasteiger partial charge in [0.1, 0.15) is 11.8 Å². The molecule has 1 aliphatic rings. The Balaban J connectivity index is 1.76. The van der Waals surface area contributed by atoms with E-state index in [0.29, 0.717) is 38.2 Å². The maximum absolute atomic E-state index is 12.1. The number of aliphatic carboxylic acids is 1. The number of nitrogens with zero attached hydrogens (tertiary/aromatic N) is 1. The van der Waals surface area contributed by atoms with E-state index in [4.69, 9.17) is 9.84 Å². The van der Waals surface area contributed by atoms with E-state index in [2.05, 4.69) is 0 Å². The van der Waals surface area contributed by atoms with Gasteiger partial charge in [-0.05, 0) is 43.5 Å². The molecule has 24 heavy (non-hydrogen) atoms. The molecule has 1 fully saturated rings. The van der Waals surface area contributed by atoms with E-state index in [0.717, 1.165) is 6.26 Å². The molecule has 0 aliphatic carbocycles. The van der Waals surface area contributed by atoms with Crippen molar-refractivity contribution in [1.29, 1.82) is 0 Å². The number of hydrogen-bond acceptors (Lipinski definition) is 5. The van der Waals surface area contributed by atoms with Gasteiger partial charge in [-0.1, -0.05) is 0 Å². The van der Waals surface area contributed by atoms with Crippen LogP contribution in [-0.4, -0.2) is 55.7 Å². The molecule has 1 atom stereocenters. The molecule has 0 bridgehead atoms. The minimum Gasteiger partial charge on any atom is -0.494 e. The molecule has 0 radical (unpaired) electrons. The first-order chi connectivity index (χ1) is 11.3. The standard InChI is InChI=1S/C16H21NO6S/c1-24(21,22)13-8-6-12(7-9-13)23-11-3-5-15(18)17-10-2-4-14(17)16(19)20/h6-9,14H,2-5,10-11H2,1H3,(H,19,20). The fraction of sp³-hybridized carbons (Fsp3) is 0.500. The fourth-order valence-electron chi connectivity index (χ4n) is 2.66. The third kappa shape index (κ3) is 4.70. The lowest BCUT2D eigenvalue weighted by Gasteiger charge is -2.21. The first kappa shape index (κ1) is 18.3. The Morgan fingerprint density at radius 2 is 1.96 bits per heavy atom. The predicted octanol–water partition coefficient (Wildman–Crippen LogP) is 1.32. The Labute approximate surface area is 141 Å². The van der Waals surface area contributed by atoms with Crippen LogP contribution in [0.4, 0.5) is 0 Å². The molecule has 1 heterocycles. The number of benzene rings is 1. The van der Waals surface area contributed by atoms with E-state index < -0.39 is 21.8 Å². The molecule has 0 spiro atoms. The highest BCUT2D eigenvalue weighted by Gasteiger charge is 2.33. The molecule has 7 nitrogen and oxygen atoms in total. The summed E-state index contributed by atoms with van der Waals surface area (Å²) in [6, 6.07) is 5.37. The van der Waals surface area contributed by atoms with Gasteiger partial charge in [0.25, 0.3) is 0 Å². The predicted molar refractivity (Wildman–Crippen MR) is 86.7 cm³/mol. The number of carbonyl (C=O) groups excluding carboxylic acids is 1. The Hall–Kier alpha value is -2.09. The molecule has 0 saturated carbocycles. The van der Waals surface area contributed by atoms with Gasteiger partial charge < -0.3 is 14.7 Å². The van der Waals surface area contributed by atoms with Gasteiger partial charge in [-0.25, -0.2) is 13.2 Å². The summed E-state index contributed by atoms with van der Waals surface area (Å²) in [7, 11) is -3.23. The van der Waals surface area contributed by atoms with E-state index in [9.17, 15) is 18.0 Å². The zero-order valence-corrected chi connectivity index (χ0v) is 14.3. The van der Waals surface area contributed by atoms with Crippen molar-refractivity contribution >= 4 is 21.7 Å². The second-order valence-electron chi connectivity index (χ2n) is 5.78. The summed E-state index contributed by atoms with van der Waals surface area (Å²) >= 11 is 0. The van der Waals surface area contributed by atoms with Crippen LogP contribution in [0.5, 0.6) is 5.75 Å². The zero-order valence-electron chi connectivity index (χ0n) is 13.5. The lowest BCUT2D eigenvalue weighted by molar-refractivity contribution is -0.148. The molecule has 1 aromatic carbocycles. The quantitative estimate of drug-likeness (QED) is 0.741. The second kappa shape index (κ2) is 7.65. The number of carbonyl (C=O) groups is 2. The van der Waals surface area contributed by atoms with E-state index >= 15 is 0 Å². The number of rotatable bonds is 7. The highest BCUT2D eigenvalue weighted by molar-refractivity contribution is 7.90. The van der Waals surface area contributed by atoms with Crippen LogP contribution in [0.25, 0.3) is 0 Å². The third-order valence-corrected chi connectivity index (χ3v) is 5.04. The molecule has 8 heteroatoms. The molecule has 1 unspecified atom stereocenters. The molecular formula is C16H21NO6S. The molecule has 132 valence electrons. The van der Waals surface area contributed by atoms with Crippen LogP contribution >= 0.6 is 0 Å². The minimum atomic E-state index is -3.23. The number of sulfone groups is 1. The van der Waals surface area contributed by atoms with Crippen molar-refractivity contribution in [1.82, 2.24) is 4.90 Å². The number of ether oxygens (including phenoxy) is 1. The molecule has 1 aliphatic heterocycles. The van der Waals surface area contributed by atoms with Crippen LogP contribution in [0.3, 0.4) is 0 Å². The maximum atomic E-state index is 12.1. The Morgan fingerprint density at radius 1 is 1.29 bits per heavy atom. The van der Waals surface area contributed by atoms with Gasteiger partial charge in [0.15, 0.2) is 9.84 Å². The summed E-state index contributed by atoms with van der Waals surface area (Å²) in [5.41, 5.74) is 0. The summed E-state index contributed by atoms with van der Waals surface area (Å²) in [6.07, 6.45) is 3.05. The number of hydrogen-bond donors (Lipinski definition) is 1. The monoisotopic (exact) mass is 355 g/mol. The number of carboxylic acid groups (broad SMARTS) is 1. The average molecular weight is 355 g/mol. The SMILES string of the molecule is CS(=O)(=O)c1ccc(OCCCC(=O)N2CCCC2C(=O)O)cc1. The van der Waals surface area contributed by atoms with Gasteiger partial charge in [0.05, 0.1) is 11.5 Å². The van der Waals surface area contributed by atoms with Crippen LogP contribution < -0.4 is 4.74 Å². The van der Waals surface area contributed by atoms with E-state index in [-0.39, 0.29) is 17.2 Å². The summed E-state index contributed by atoms with van der Waals surface area (Å²) in [5, 5.41) is 9.07. The van der Waals surface area contributed by atoms with Gasteiger partial charge in [-0.15, -0.1) is 0 Å². The summed E-state index contributed by atoms with van der Waals surface area (Å²) in [4.78, 5) is 24.8. The summed E-state index contributed by atoms with van der Waals surface area (Å²) < 4.78 is 28.2. The Morgan fingerprint density at radius 3 is 2.54 bits per heavy atom. The smallest absolute Gasteiger partial charge is 0.326 e. The normalized spacial score (nSPS) is 17.7. The van der Waals surface area contributed by atoms with Gasteiger partial charge in [-0.2, -0.15) is 0 Å². The zero-order chi connectivity index (χ0) is 17.7. The van der Waals surface area contributed by atoms with E-state index in [1.54, 1.807) is 12.1 Å². The fourth-order valence-corrected chi connectivity index (χ4v) is 3.29. The van der Waals surface area contributed by atoms with Gasteiger partial charge in [0.2, 0.25) is 5.91 Å². The first-order valence-corrected chi connectivity index (χ1v) is 9.63. The second-order valence-corrected chi connectivity index (χ2v) is 7.79. The summed E-state index contributed by atoms with van der Waals surface area (Å²) in [5.74, 6) is -0.599. The van der Waals surface area contributed by atoms with Crippen LogP contribution in [0, 0.1) is 0 Å². The first-order valence-electron chi connectivity index (χ1n) is 7.74. The molecule has 1 amide bonds. The van der Waals surface area contributed by atoms with Crippen molar-refractivity contribution in [2.75, 3.05) is 19.4 Å². The van der Waals surface area contributed by atoms with Crippen LogP contribution in [-0.2, 0) is 19.4 Å². The van der Waals surface area contributed by atoms with Gasteiger partial charge >= 0.3 is 5.97 Å². The Kier molecular flexibility index (Phi) is 5.82. The highest BCUT2D eigenvalue weighted by atomic mass is 32.2. The van der Waals surface area contributed by atoms with Crippen molar-refractivity contribution in [3.63, 3.8) is 0 Å². The molecule has 2 rings (SSSR count). The lowest BCUT2D eigenvalue weighted by atomic mass is 10.2. The number of amides is 1. The largest absolute Gasteiger partial charge is 0.494 e. The maximum Gasteiger partial charge on any atom is 0.326 e. The van der Waals surface area contributed by atoms with Crippen LogP contribution in [0.1, 0.15) is 25.7 Å². The minimum absolute atomic E-state index is 0.170. The average Bonchev–Trinajstić information content (AvgIpc) is 3.01. The number of carboxylic acids is 1. The highest BCUT2D eigenvalue weighted by Crippen LogP contribution is 2.19. The lowest BCUT2D eigenvalue weighted by Crippen LogP contribution is -2.40. The molecule has 1 aromatic rings. The van der Waals surface area contributed by atoms with Gasteiger partial charge in [-0.3, -0.25) is 4.79 Å². The molecular weight excluding hydrogens is 334 g/mol. The van der Waals surface area contributed by atoms with Crippen molar-refractivity contribution < 1.29 is 27.9 Å².